The average molecular weight is 716 g/mol. The lowest BCUT2D eigenvalue weighted by Gasteiger charge is -2.24. The zero-order valence-electron chi connectivity index (χ0n) is 26.1. The lowest BCUT2D eigenvalue weighted by atomic mass is 9.89. The molecule has 0 aliphatic heterocycles. The second kappa shape index (κ2) is 12.5. The summed E-state index contributed by atoms with van der Waals surface area (Å²) in [6, 6.07) is 15.6. The van der Waals surface area contributed by atoms with Crippen molar-refractivity contribution >= 4 is 26.2 Å². The van der Waals surface area contributed by atoms with Crippen LogP contribution in [0.1, 0.15) is 60.4 Å². The first-order chi connectivity index (χ1) is 23.4. The number of carboxylic acid groups (broad SMARTS) is 1. The molecule has 0 aromatic heterocycles. The average Bonchev–Trinajstić information content (AvgIpc) is 3.03. The van der Waals surface area contributed by atoms with Crippen molar-refractivity contribution in [2.75, 3.05) is 0 Å². The van der Waals surface area contributed by atoms with Crippen molar-refractivity contribution in [1.29, 1.82) is 0 Å². The fourth-order valence-electron chi connectivity index (χ4n) is 6.30. The van der Waals surface area contributed by atoms with Crippen molar-refractivity contribution in [1.82, 2.24) is 0 Å². The lowest BCUT2D eigenvalue weighted by Crippen LogP contribution is -2.09. The van der Waals surface area contributed by atoms with Gasteiger partial charge in [-0.15, -0.1) is 5.75 Å². The Hall–Kier alpha value is -5.41. The first kappa shape index (κ1) is 34.5. The molecule has 4 N–H and O–H groups in total. The van der Waals surface area contributed by atoms with E-state index in [9.17, 15) is 56.3 Å². The smallest absolute Gasteiger partial charge is 0.335 e. The van der Waals surface area contributed by atoms with Gasteiger partial charge in [-0.2, -0.15) is 0 Å². The van der Waals surface area contributed by atoms with Crippen LogP contribution in [-0.4, -0.2) is 52.3 Å². The molecule has 0 amide bonds. The van der Waals surface area contributed by atoms with Crippen LogP contribution in [0.2, 0.25) is 0 Å². The Bertz CT molecular complexity index is 2320. The summed E-state index contributed by atoms with van der Waals surface area (Å²) in [6.45, 7) is 1.68. The molecule has 5 aromatic carbocycles. The first-order valence-corrected chi connectivity index (χ1v) is 17.8. The molecule has 0 atom stereocenters. The monoisotopic (exact) mass is 715 g/mol. The molecule has 0 unspecified atom stereocenters. The molecule has 6 rings (SSSR count). The molecule has 8 bridgehead atoms. The van der Waals surface area contributed by atoms with Crippen LogP contribution in [0.15, 0.2) is 82.6 Å². The summed E-state index contributed by atoms with van der Waals surface area (Å²) in [5.74, 6) is -2.96. The molecule has 0 heterocycles. The van der Waals surface area contributed by atoms with Gasteiger partial charge in [0.25, 0.3) is 0 Å². The summed E-state index contributed by atoms with van der Waals surface area (Å²) in [6.07, 6.45) is -1.35. The summed E-state index contributed by atoms with van der Waals surface area (Å²) in [7, 11) is -10.1. The summed E-state index contributed by atoms with van der Waals surface area (Å²) < 4.78 is 73.5. The molecule has 258 valence electrons. The molecule has 1 aliphatic rings. The van der Waals surface area contributed by atoms with Crippen molar-refractivity contribution in [3.8, 4) is 34.1 Å². The van der Waals surface area contributed by atoms with Crippen LogP contribution >= 0.6 is 0 Å². The van der Waals surface area contributed by atoms with Gasteiger partial charge in [0.15, 0.2) is 0 Å². The van der Waals surface area contributed by atoms with Crippen LogP contribution in [0.3, 0.4) is 0 Å². The Morgan fingerprint density at radius 1 is 0.560 bits per heavy atom. The molecule has 0 fully saturated rings. The van der Waals surface area contributed by atoms with E-state index in [1.54, 1.807) is 19.1 Å². The second-order valence-corrected chi connectivity index (χ2v) is 15.0. The number of phenols is 3. The number of aryl methyl sites for hydroxylation is 1. The minimum absolute atomic E-state index is 0.00672. The van der Waals surface area contributed by atoms with Crippen LogP contribution in [0.4, 0.5) is 0 Å². The van der Waals surface area contributed by atoms with E-state index in [0.29, 0.717) is 16.7 Å². The molecule has 0 saturated heterocycles. The van der Waals surface area contributed by atoms with Crippen molar-refractivity contribution in [2.24, 2.45) is 0 Å². The largest absolute Gasteiger partial charge is 0.872 e. The van der Waals surface area contributed by atoms with Gasteiger partial charge < -0.3 is 34.6 Å². The highest BCUT2D eigenvalue weighted by Gasteiger charge is 2.22. The fraction of sp³-hybridized carbons (Fsp3) is 0.139. The molecule has 50 heavy (non-hydrogen) atoms. The Morgan fingerprint density at radius 2 is 0.900 bits per heavy atom. The highest BCUT2D eigenvalue weighted by atomic mass is 32.2. The standard InChI is InChI=1S/C36H30O12S2/c1-18-6-22-10-26-14-30(49(43,44)45)16-28(34(26)39)12-24-8-21(19-2-4-20(5-3-19)36(41)42)9-25(33(24)38)13-29-17-31(50(46,47)48)15-27(35(29)40)11-23(7-18)32(22)37/h2-9,14-17,37-40H,10-13H2,1H3,(H,41,42)(H,43,44,45)(H,46,47,48)/p-3. The lowest BCUT2D eigenvalue weighted by molar-refractivity contribution is -0.270. The van der Waals surface area contributed by atoms with Gasteiger partial charge in [-0.1, -0.05) is 29.8 Å². The third-order valence-electron chi connectivity index (χ3n) is 8.70. The summed E-state index contributed by atoms with van der Waals surface area (Å²) >= 11 is 0. The van der Waals surface area contributed by atoms with Gasteiger partial charge >= 0.3 is 5.97 Å². The molecule has 5 aromatic rings. The van der Waals surface area contributed by atoms with Crippen LogP contribution in [0, 0.1) is 6.92 Å². The molecular formula is C36H27O12S2-3. The number of phenolic OH excluding ortho intramolecular Hbond substituents is 3. The van der Waals surface area contributed by atoms with Crippen molar-refractivity contribution in [3.05, 3.63) is 128 Å². The molecule has 0 radical (unpaired) electrons. The minimum atomic E-state index is -5.08. The number of aromatic carboxylic acids is 1. The zero-order chi connectivity index (χ0) is 36.3. The molecule has 14 heteroatoms. The van der Waals surface area contributed by atoms with E-state index in [0.717, 1.165) is 24.3 Å². The zero-order valence-corrected chi connectivity index (χ0v) is 27.8. The number of rotatable bonds is 4. The molecule has 12 nitrogen and oxygen atoms in total. The third-order valence-corrected chi connectivity index (χ3v) is 10.3. The molecular weight excluding hydrogens is 689 g/mol. The predicted octanol–water partition coefficient (Wildman–Crippen LogP) is 4.04. The number of carboxylic acids is 1. The SMILES string of the molecule is Cc1cc2c(O)c(c1)Cc1cc(S(=O)(=O)[O-])cc(c1O)Cc1cc(-c3ccc(C(=O)O)cc3)cc(c1O)Cc1cc(S(=O)(=O)[O-])cc(c1[O-])C2. The van der Waals surface area contributed by atoms with Gasteiger partial charge in [0.1, 0.15) is 37.5 Å². The van der Waals surface area contributed by atoms with E-state index >= 15 is 0 Å². The Balaban J connectivity index is 1.67. The van der Waals surface area contributed by atoms with E-state index in [1.807, 2.05) is 0 Å². The van der Waals surface area contributed by atoms with Crippen LogP contribution < -0.4 is 5.11 Å². The maximum absolute atomic E-state index is 13.9. The van der Waals surface area contributed by atoms with E-state index in [-0.39, 0.29) is 75.1 Å². The Kier molecular flexibility index (Phi) is 8.60. The van der Waals surface area contributed by atoms with Crippen molar-refractivity contribution < 1.29 is 56.3 Å². The van der Waals surface area contributed by atoms with Crippen molar-refractivity contribution in [3.63, 3.8) is 0 Å². The van der Waals surface area contributed by atoms with Crippen LogP contribution in [0.5, 0.6) is 23.0 Å². The van der Waals surface area contributed by atoms with Gasteiger partial charge in [0, 0.05) is 25.7 Å². The number of aromatic hydroxyl groups is 3. The van der Waals surface area contributed by atoms with Gasteiger partial charge in [-0.3, -0.25) is 0 Å². The highest BCUT2D eigenvalue weighted by Crippen LogP contribution is 2.40. The molecule has 0 saturated carbocycles. The first-order valence-electron chi connectivity index (χ1n) is 15.0. The van der Waals surface area contributed by atoms with Crippen LogP contribution in [0.25, 0.3) is 11.1 Å². The maximum atomic E-state index is 13.9. The van der Waals surface area contributed by atoms with E-state index in [1.165, 1.54) is 36.4 Å². The number of benzene rings is 5. The quantitative estimate of drug-likeness (QED) is 0.189. The van der Waals surface area contributed by atoms with Gasteiger partial charge in [0.05, 0.1) is 15.4 Å². The number of fused-ring (bicyclic) bond motifs is 8. The number of hydrogen-bond acceptors (Lipinski definition) is 11. The van der Waals surface area contributed by atoms with Crippen molar-refractivity contribution in [2.45, 2.75) is 42.4 Å². The van der Waals surface area contributed by atoms with E-state index in [2.05, 4.69) is 0 Å². The second-order valence-electron chi connectivity index (χ2n) is 12.2. The molecule has 0 spiro atoms. The Labute approximate surface area is 286 Å². The minimum Gasteiger partial charge on any atom is -0.872 e. The summed E-state index contributed by atoms with van der Waals surface area (Å²) in [5.41, 5.74) is 1.55. The van der Waals surface area contributed by atoms with Gasteiger partial charge in [-0.05, 0) is 111 Å². The topological polar surface area (TPSA) is 235 Å². The fourth-order valence-corrected chi connectivity index (χ4v) is 7.44. The van der Waals surface area contributed by atoms with Crippen LogP contribution in [-0.2, 0) is 45.9 Å². The number of carbonyl (C=O) groups is 1. The summed E-state index contributed by atoms with van der Waals surface area (Å²) in [4.78, 5) is 10.1. The predicted molar refractivity (Wildman–Crippen MR) is 174 cm³/mol. The van der Waals surface area contributed by atoms with E-state index in [4.69, 9.17) is 0 Å². The Morgan fingerprint density at radius 3 is 1.28 bits per heavy atom. The summed E-state index contributed by atoms with van der Waals surface area (Å²) in [5, 5.41) is 57.5. The normalized spacial score (nSPS) is 13.2. The molecule has 1 aliphatic carbocycles. The highest BCUT2D eigenvalue weighted by molar-refractivity contribution is 7.86. The maximum Gasteiger partial charge on any atom is 0.335 e. The third kappa shape index (κ3) is 6.73. The van der Waals surface area contributed by atoms with Gasteiger partial charge in [-0.25, -0.2) is 21.6 Å². The van der Waals surface area contributed by atoms with Gasteiger partial charge in [0.2, 0.25) is 0 Å². The number of hydrogen-bond donors (Lipinski definition) is 4. The van der Waals surface area contributed by atoms with E-state index < -0.39 is 59.7 Å².